The third kappa shape index (κ3) is 4.91. The summed E-state index contributed by atoms with van der Waals surface area (Å²) >= 11 is 0. The average Bonchev–Trinajstić information content (AvgIpc) is 3.83. The van der Waals surface area contributed by atoms with Crippen LogP contribution in [0.25, 0.3) is 122 Å². The van der Waals surface area contributed by atoms with E-state index in [9.17, 15) is 0 Å². The van der Waals surface area contributed by atoms with E-state index in [1.165, 1.54) is 38.6 Å². The molecule has 4 nitrogen and oxygen atoms in total. The first-order chi connectivity index (χ1) is 28.3. The number of para-hydroxylation sites is 1. The van der Waals surface area contributed by atoms with E-state index in [0.29, 0.717) is 17.5 Å². The molecule has 0 amide bonds. The normalized spacial score (nSPS) is 11.9. The third-order valence-corrected chi connectivity index (χ3v) is 11.5. The van der Waals surface area contributed by atoms with Crippen LogP contribution in [0.4, 0.5) is 0 Å². The highest BCUT2D eigenvalue weighted by Gasteiger charge is 2.23. The summed E-state index contributed by atoms with van der Waals surface area (Å²) in [5.41, 5.74) is 14.4. The van der Waals surface area contributed by atoms with Crippen molar-refractivity contribution in [2.75, 3.05) is 0 Å². The molecule has 2 aromatic heterocycles. The van der Waals surface area contributed by atoms with Gasteiger partial charge in [0.25, 0.3) is 0 Å². The maximum Gasteiger partial charge on any atom is 0.164 e. The number of hydrogen-bond donors (Lipinski definition) is 0. The fourth-order valence-electron chi connectivity index (χ4n) is 8.93. The van der Waals surface area contributed by atoms with Crippen molar-refractivity contribution in [2.24, 2.45) is 0 Å². The van der Waals surface area contributed by atoms with Crippen molar-refractivity contribution in [1.29, 1.82) is 0 Å². The van der Waals surface area contributed by atoms with Crippen molar-refractivity contribution < 1.29 is 4.42 Å². The first-order valence-electron chi connectivity index (χ1n) is 19.3. The first-order valence-corrected chi connectivity index (χ1v) is 19.3. The molecular formula is C53H31N3O. The summed E-state index contributed by atoms with van der Waals surface area (Å²) in [7, 11) is 0. The van der Waals surface area contributed by atoms with Crippen LogP contribution in [-0.2, 0) is 0 Å². The molecule has 0 bridgehead atoms. The van der Waals surface area contributed by atoms with Gasteiger partial charge in [-0.15, -0.1) is 0 Å². The molecule has 2 heterocycles. The van der Waals surface area contributed by atoms with Gasteiger partial charge < -0.3 is 4.42 Å². The number of rotatable bonds is 5. The SMILES string of the molecule is c1ccc(-c2nc(-c3ccc(-c4ccc5c6c(cccc46)-c4ccccc4-5)cc3)nc(-c3ccc(-c4cccc5oc6ccccc6c45)c4ccccc34)n2)cc1. The predicted octanol–water partition coefficient (Wildman–Crippen LogP) is 14.1. The van der Waals surface area contributed by atoms with Gasteiger partial charge in [-0.05, 0) is 84.3 Å². The number of nitrogens with zero attached hydrogens (tertiary/aromatic N) is 3. The Labute approximate surface area is 328 Å². The van der Waals surface area contributed by atoms with Crippen LogP contribution in [-0.4, -0.2) is 15.0 Å². The Morgan fingerprint density at radius 3 is 1.49 bits per heavy atom. The van der Waals surface area contributed by atoms with Crippen LogP contribution in [0.5, 0.6) is 0 Å². The van der Waals surface area contributed by atoms with E-state index < -0.39 is 0 Å². The quantitative estimate of drug-likeness (QED) is 0.177. The summed E-state index contributed by atoms with van der Waals surface area (Å²) in [6.45, 7) is 0. The monoisotopic (exact) mass is 725 g/mol. The van der Waals surface area contributed by atoms with Gasteiger partial charge in [-0.3, -0.25) is 0 Å². The lowest BCUT2D eigenvalue weighted by Gasteiger charge is -2.14. The van der Waals surface area contributed by atoms with E-state index in [2.05, 4.69) is 152 Å². The molecule has 1 aliphatic carbocycles. The fourth-order valence-corrected chi connectivity index (χ4v) is 8.93. The van der Waals surface area contributed by atoms with Gasteiger partial charge in [0.05, 0.1) is 0 Å². The molecule has 4 heteroatoms. The second-order valence-corrected chi connectivity index (χ2v) is 14.7. The van der Waals surface area contributed by atoms with Crippen LogP contribution in [0.2, 0.25) is 0 Å². The van der Waals surface area contributed by atoms with Gasteiger partial charge >= 0.3 is 0 Å². The molecule has 57 heavy (non-hydrogen) atoms. The highest BCUT2D eigenvalue weighted by Crippen LogP contribution is 2.49. The Balaban J connectivity index is 0.994. The minimum atomic E-state index is 0.629. The van der Waals surface area contributed by atoms with Crippen LogP contribution in [0.15, 0.2) is 192 Å². The molecule has 0 N–H and O–H groups in total. The van der Waals surface area contributed by atoms with Crippen LogP contribution < -0.4 is 0 Å². The lowest BCUT2D eigenvalue weighted by Crippen LogP contribution is -2.01. The minimum absolute atomic E-state index is 0.629. The molecule has 0 spiro atoms. The highest BCUT2D eigenvalue weighted by atomic mass is 16.3. The Morgan fingerprint density at radius 2 is 0.719 bits per heavy atom. The Hall–Kier alpha value is -7.69. The zero-order chi connectivity index (χ0) is 37.5. The predicted molar refractivity (Wildman–Crippen MR) is 234 cm³/mol. The second kappa shape index (κ2) is 12.4. The summed E-state index contributed by atoms with van der Waals surface area (Å²) < 4.78 is 6.28. The Bertz CT molecular complexity index is 3370. The molecule has 12 rings (SSSR count). The summed E-state index contributed by atoms with van der Waals surface area (Å²) in [6.07, 6.45) is 0. The van der Waals surface area contributed by atoms with Gasteiger partial charge in [0.1, 0.15) is 11.2 Å². The standard InChI is InChI=1S/C53H31N3O/c1-2-12-33(13-3-1)51-54-52(34-26-24-32(25-27-34)35-28-30-44-38-16-6-5-15-37(38)42-20-10-19-41(35)49(42)44)56-53(55-51)45-31-29-40(36-14-4-7-17-39(36)45)43-21-11-23-48-50(43)46-18-8-9-22-47(46)57-48/h1-31H. The number of benzene rings is 9. The molecular weight excluding hydrogens is 695 g/mol. The number of hydrogen-bond acceptors (Lipinski definition) is 4. The van der Waals surface area contributed by atoms with Gasteiger partial charge in [-0.25, -0.2) is 15.0 Å². The minimum Gasteiger partial charge on any atom is -0.456 e. The largest absolute Gasteiger partial charge is 0.456 e. The molecule has 0 saturated heterocycles. The number of furan rings is 1. The van der Waals surface area contributed by atoms with Crippen molar-refractivity contribution >= 4 is 43.5 Å². The summed E-state index contributed by atoms with van der Waals surface area (Å²) in [4.78, 5) is 15.4. The molecule has 0 atom stereocenters. The maximum absolute atomic E-state index is 6.28. The number of fused-ring (bicyclic) bond motifs is 7. The molecule has 1 aliphatic rings. The van der Waals surface area contributed by atoms with Crippen LogP contribution in [0, 0.1) is 0 Å². The van der Waals surface area contributed by atoms with E-state index >= 15 is 0 Å². The van der Waals surface area contributed by atoms with E-state index in [4.69, 9.17) is 19.4 Å². The number of aromatic nitrogens is 3. The van der Waals surface area contributed by atoms with Crippen molar-refractivity contribution in [1.82, 2.24) is 15.0 Å². The van der Waals surface area contributed by atoms with Gasteiger partial charge in [0.15, 0.2) is 17.5 Å². The smallest absolute Gasteiger partial charge is 0.164 e. The molecule has 0 unspecified atom stereocenters. The van der Waals surface area contributed by atoms with Crippen LogP contribution >= 0.6 is 0 Å². The van der Waals surface area contributed by atoms with Crippen molar-refractivity contribution in [2.45, 2.75) is 0 Å². The van der Waals surface area contributed by atoms with Gasteiger partial charge in [0.2, 0.25) is 0 Å². The van der Waals surface area contributed by atoms with Crippen molar-refractivity contribution in [3.05, 3.63) is 188 Å². The lowest BCUT2D eigenvalue weighted by atomic mass is 9.92. The van der Waals surface area contributed by atoms with E-state index in [1.807, 2.05) is 36.4 Å². The van der Waals surface area contributed by atoms with Crippen LogP contribution in [0.1, 0.15) is 0 Å². The zero-order valence-electron chi connectivity index (χ0n) is 30.6. The van der Waals surface area contributed by atoms with E-state index in [1.54, 1.807) is 0 Å². The molecule has 0 fully saturated rings. The van der Waals surface area contributed by atoms with Crippen LogP contribution in [0.3, 0.4) is 0 Å². The van der Waals surface area contributed by atoms with Crippen molar-refractivity contribution in [3.63, 3.8) is 0 Å². The Kier molecular flexibility index (Phi) is 6.89. The summed E-state index contributed by atoms with van der Waals surface area (Å²) in [5, 5.41) is 6.99. The fraction of sp³-hybridized carbons (Fsp3) is 0. The molecule has 0 aliphatic heterocycles. The average molecular weight is 726 g/mol. The van der Waals surface area contributed by atoms with Gasteiger partial charge in [-0.1, -0.05) is 170 Å². The highest BCUT2D eigenvalue weighted by molar-refractivity contribution is 6.19. The molecule has 0 radical (unpaired) electrons. The topological polar surface area (TPSA) is 51.8 Å². The first kappa shape index (κ1) is 31.6. The van der Waals surface area contributed by atoms with E-state index in [-0.39, 0.29) is 0 Å². The zero-order valence-corrected chi connectivity index (χ0v) is 30.6. The third-order valence-electron chi connectivity index (χ3n) is 11.5. The van der Waals surface area contributed by atoms with E-state index in [0.717, 1.165) is 66.1 Å². The Morgan fingerprint density at radius 1 is 0.246 bits per heavy atom. The molecule has 9 aromatic carbocycles. The molecule has 264 valence electrons. The molecule has 0 saturated carbocycles. The lowest BCUT2D eigenvalue weighted by molar-refractivity contribution is 0.669. The van der Waals surface area contributed by atoms with Gasteiger partial charge in [-0.2, -0.15) is 0 Å². The summed E-state index contributed by atoms with van der Waals surface area (Å²) in [5.74, 6) is 1.89. The molecule has 11 aromatic rings. The second-order valence-electron chi connectivity index (χ2n) is 14.7. The maximum atomic E-state index is 6.28. The van der Waals surface area contributed by atoms with Gasteiger partial charge in [0, 0.05) is 27.5 Å². The summed E-state index contributed by atoms with van der Waals surface area (Å²) in [6, 6.07) is 66.2. The van der Waals surface area contributed by atoms with Crippen molar-refractivity contribution in [3.8, 4) is 78.7 Å².